The summed E-state index contributed by atoms with van der Waals surface area (Å²) < 4.78 is 0. The number of nitro benzene ring substituents is 1. The highest BCUT2D eigenvalue weighted by Gasteiger charge is 2.19. The van der Waals surface area contributed by atoms with Gasteiger partial charge in [0.05, 0.1) is 4.92 Å². The van der Waals surface area contributed by atoms with E-state index in [1.54, 1.807) is 24.3 Å². The van der Waals surface area contributed by atoms with Gasteiger partial charge in [0, 0.05) is 6.07 Å². The molecular formula is C17H19N3O3. The number of nitrogens with zero attached hydrogens (tertiary/aromatic N) is 3. The molecule has 6 heteroatoms. The molecule has 0 spiro atoms. The predicted octanol–water partition coefficient (Wildman–Crippen LogP) is 5.40. The number of rotatable bonds is 5. The molecule has 0 saturated carbocycles. The van der Waals surface area contributed by atoms with Crippen LogP contribution in [0, 0.1) is 10.1 Å². The molecule has 0 amide bonds. The van der Waals surface area contributed by atoms with Crippen LogP contribution < -0.4 is 0 Å². The molecule has 2 aromatic carbocycles. The summed E-state index contributed by atoms with van der Waals surface area (Å²) in [6.45, 7) is 6.28. The van der Waals surface area contributed by atoms with Crippen molar-refractivity contribution in [2.75, 3.05) is 0 Å². The summed E-state index contributed by atoms with van der Waals surface area (Å²) in [6, 6.07) is 11.3. The van der Waals surface area contributed by atoms with Crippen LogP contribution in [0.4, 0.5) is 17.1 Å². The number of benzene rings is 2. The van der Waals surface area contributed by atoms with Crippen LogP contribution in [0.2, 0.25) is 0 Å². The summed E-state index contributed by atoms with van der Waals surface area (Å²) in [5.74, 6) is -0.0111. The SMILES string of the molecule is CCC(C)(C)c1ccc(O)c(/N=N/c2ccccc2[N+](=O)[O-])c1. The maximum atomic E-state index is 11.0. The van der Waals surface area contributed by atoms with E-state index >= 15 is 0 Å². The van der Waals surface area contributed by atoms with Crippen molar-refractivity contribution in [3.05, 3.63) is 58.1 Å². The average molecular weight is 313 g/mol. The predicted molar refractivity (Wildman–Crippen MR) is 88.7 cm³/mol. The van der Waals surface area contributed by atoms with Gasteiger partial charge in [-0.15, -0.1) is 10.2 Å². The summed E-state index contributed by atoms with van der Waals surface area (Å²) in [6.07, 6.45) is 0.929. The fraction of sp³-hybridized carbons (Fsp3) is 0.294. The molecule has 0 bridgehead atoms. The molecule has 0 saturated heterocycles. The summed E-state index contributed by atoms with van der Waals surface area (Å²) in [5.41, 5.74) is 1.28. The highest BCUT2D eigenvalue weighted by molar-refractivity contribution is 5.58. The fourth-order valence-corrected chi connectivity index (χ4v) is 2.04. The van der Waals surface area contributed by atoms with Gasteiger partial charge in [-0.2, -0.15) is 0 Å². The second-order valence-corrected chi connectivity index (χ2v) is 5.89. The zero-order chi connectivity index (χ0) is 17.0. The number of nitro groups is 1. The molecule has 0 aliphatic carbocycles. The number of hydrogen-bond acceptors (Lipinski definition) is 5. The molecule has 0 atom stereocenters. The van der Waals surface area contributed by atoms with Gasteiger partial charge in [0.1, 0.15) is 11.4 Å². The standard InChI is InChI=1S/C17H19N3O3/c1-4-17(2,3)12-9-10-16(21)14(11-12)19-18-13-7-5-6-8-15(13)20(22)23/h5-11,21H,4H2,1-3H3/b19-18+. The fourth-order valence-electron chi connectivity index (χ4n) is 2.04. The van der Waals surface area contributed by atoms with Crippen molar-refractivity contribution in [2.45, 2.75) is 32.6 Å². The maximum absolute atomic E-state index is 11.0. The normalized spacial score (nSPS) is 11.8. The van der Waals surface area contributed by atoms with E-state index < -0.39 is 4.92 Å². The molecule has 6 nitrogen and oxygen atoms in total. The van der Waals surface area contributed by atoms with E-state index in [1.165, 1.54) is 12.1 Å². The van der Waals surface area contributed by atoms with Gasteiger partial charge in [0.15, 0.2) is 5.69 Å². The van der Waals surface area contributed by atoms with E-state index in [2.05, 4.69) is 31.0 Å². The third-order valence-electron chi connectivity index (χ3n) is 3.98. The molecule has 2 rings (SSSR count). The van der Waals surface area contributed by atoms with Gasteiger partial charge < -0.3 is 5.11 Å². The molecule has 2 aromatic rings. The van der Waals surface area contributed by atoms with Gasteiger partial charge in [0.25, 0.3) is 5.69 Å². The third-order valence-corrected chi connectivity index (χ3v) is 3.98. The minimum absolute atomic E-state index is 0.0111. The topological polar surface area (TPSA) is 88.1 Å². The first-order valence-corrected chi connectivity index (χ1v) is 7.34. The van der Waals surface area contributed by atoms with Gasteiger partial charge in [-0.3, -0.25) is 10.1 Å². The van der Waals surface area contributed by atoms with Crippen LogP contribution in [0.15, 0.2) is 52.7 Å². The molecule has 0 unspecified atom stereocenters. The molecule has 0 aromatic heterocycles. The summed E-state index contributed by atoms with van der Waals surface area (Å²) in [5, 5.41) is 28.9. The van der Waals surface area contributed by atoms with Crippen LogP contribution in [-0.4, -0.2) is 10.0 Å². The zero-order valence-corrected chi connectivity index (χ0v) is 13.4. The van der Waals surface area contributed by atoms with Gasteiger partial charge in [-0.1, -0.05) is 39.0 Å². The number of aromatic hydroxyl groups is 1. The highest BCUT2D eigenvalue weighted by Crippen LogP contribution is 2.36. The Hall–Kier alpha value is -2.76. The first-order chi connectivity index (χ1) is 10.8. The van der Waals surface area contributed by atoms with Gasteiger partial charge in [0.2, 0.25) is 0 Å². The molecule has 0 radical (unpaired) electrons. The second kappa shape index (κ2) is 6.56. The van der Waals surface area contributed by atoms with E-state index in [-0.39, 0.29) is 22.5 Å². The maximum Gasteiger partial charge on any atom is 0.296 e. The Labute approximate surface area is 134 Å². The average Bonchev–Trinajstić information content (AvgIpc) is 2.54. The lowest BCUT2D eigenvalue weighted by atomic mass is 9.82. The Morgan fingerprint density at radius 2 is 1.78 bits per heavy atom. The lowest BCUT2D eigenvalue weighted by molar-refractivity contribution is -0.384. The lowest BCUT2D eigenvalue weighted by Crippen LogP contribution is -2.14. The third kappa shape index (κ3) is 3.71. The largest absolute Gasteiger partial charge is 0.506 e. The molecule has 23 heavy (non-hydrogen) atoms. The monoisotopic (exact) mass is 313 g/mol. The van der Waals surface area contributed by atoms with Crippen LogP contribution in [0.1, 0.15) is 32.8 Å². The molecule has 120 valence electrons. The van der Waals surface area contributed by atoms with Crippen molar-refractivity contribution in [1.82, 2.24) is 0 Å². The van der Waals surface area contributed by atoms with Gasteiger partial charge in [-0.05, 0) is 35.6 Å². The Balaban J connectivity index is 2.41. The summed E-state index contributed by atoms with van der Waals surface area (Å²) in [4.78, 5) is 10.5. The number of phenolic OH excluding ortho intramolecular Hbond substituents is 1. The lowest BCUT2D eigenvalue weighted by Gasteiger charge is -2.23. The van der Waals surface area contributed by atoms with Gasteiger partial charge >= 0.3 is 0 Å². The van der Waals surface area contributed by atoms with Crippen molar-refractivity contribution in [3.63, 3.8) is 0 Å². The van der Waals surface area contributed by atoms with Crippen molar-refractivity contribution in [3.8, 4) is 5.75 Å². The smallest absolute Gasteiger partial charge is 0.296 e. The molecule has 0 heterocycles. The Morgan fingerprint density at radius 1 is 1.13 bits per heavy atom. The molecule has 0 fully saturated rings. The minimum atomic E-state index is -0.509. The minimum Gasteiger partial charge on any atom is -0.506 e. The second-order valence-electron chi connectivity index (χ2n) is 5.89. The van der Waals surface area contributed by atoms with E-state index in [4.69, 9.17) is 0 Å². The van der Waals surface area contributed by atoms with Crippen LogP contribution in [0.5, 0.6) is 5.75 Å². The number of azo groups is 1. The van der Waals surface area contributed by atoms with Crippen LogP contribution in [0.3, 0.4) is 0 Å². The number of phenols is 1. The first-order valence-electron chi connectivity index (χ1n) is 7.34. The van der Waals surface area contributed by atoms with Crippen LogP contribution >= 0.6 is 0 Å². The quantitative estimate of drug-likeness (QED) is 0.455. The zero-order valence-electron chi connectivity index (χ0n) is 13.4. The van der Waals surface area contributed by atoms with Crippen molar-refractivity contribution < 1.29 is 10.0 Å². The number of hydrogen-bond donors (Lipinski definition) is 1. The number of para-hydroxylation sites is 1. The Morgan fingerprint density at radius 3 is 2.43 bits per heavy atom. The Kier molecular flexibility index (Phi) is 4.74. The summed E-state index contributed by atoms with van der Waals surface area (Å²) >= 11 is 0. The molecule has 0 aliphatic rings. The first kappa shape index (κ1) is 16.6. The van der Waals surface area contributed by atoms with Crippen molar-refractivity contribution in [1.29, 1.82) is 0 Å². The Bertz CT molecular complexity index is 754. The molecular weight excluding hydrogens is 294 g/mol. The van der Waals surface area contributed by atoms with E-state index in [0.717, 1.165) is 12.0 Å². The van der Waals surface area contributed by atoms with Crippen LogP contribution in [0.25, 0.3) is 0 Å². The van der Waals surface area contributed by atoms with E-state index in [0.29, 0.717) is 5.69 Å². The van der Waals surface area contributed by atoms with Crippen molar-refractivity contribution in [2.24, 2.45) is 10.2 Å². The van der Waals surface area contributed by atoms with Crippen LogP contribution in [-0.2, 0) is 5.41 Å². The molecule has 1 N–H and O–H groups in total. The summed E-state index contributed by atoms with van der Waals surface area (Å²) in [7, 11) is 0. The van der Waals surface area contributed by atoms with E-state index in [1.807, 2.05) is 6.07 Å². The van der Waals surface area contributed by atoms with Crippen molar-refractivity contribution >= 4 is 17.1 Å². The highest BCUT2D eigenvalue weighted by atomic mass is 16.6. The van der Waals surface area contributed by atoms with Gasteiger partial charge in [-0.25, -0.2) is 0 Å². The molecule has 0 aliphatic heterocycles. The van der Waals surface area contributed by atoms with E-state index in [9.17, 15) is 15.2 Å².